The van der Waals surface area contributed by atoms with Crippen molar-refractivity contribution in [2.45, 2.75) is 24.7 Å². The van der Waals surface area contributed by atoms with Crippen molar-refractivity contribution in [3.8, 4) is 0 Å². The summed E-state index contributed by atoms with van der Waals surface area (Å²) in [7, 11) is 0. The van der Waals surface area contributed by atoms with Crippen molar-refractivity contribution in [2.24, 2.45) is 0 Å². The minimum absolute atomic E-state index is 1.09. The van der Waals surface area contributed by atoms with Crippen LogP contribution in [-0.2, 0) is 0 Å². The summed E-state index contributed by atoms with van der Waals surface area (Å²) in [6.07, 6.45) is 2.55. The van der Waals surface area contributed by atoms with Crippen LogP contribution in [0.15, 0.2) is 47.4 Å². The second-order valence-corrected chi connectivity index (χ2v) is 5.63. The van der Waals surface area contributed by atoms with Gasteiger partial charge in [-0.05, 0) is 35.9 Å². The summed E-state index contributed by atoms with van der Waals surface area (Å²) < 4.78 is 0. The summed E-state index contributed by atoms with van der Waals surface area (Å²) in [6, 6.07) is 15.2. The molecular formula is C16H21NS. The van der Waals surface area contributed by atoms with Gasteiger partial charge in [-0.3, -0.25) is 0 Å². The summed E-state index contributed by atoms with van der Waals surface area (Å²) in [5.41, 5.74) is 0. The quantitative estimate of drug-likeness (QED) is 0.587. The van der Waals surface area contributed by atoms with Gasteiger partial charge in [-0.1, -0.05) is 43.7 Å². The minimum Gasteiger partial charge on any atom is -0.316 e. The Morgan fingerprint density at radius 1 is 1.00 bits per heavy atom. The van der Waals surface area contributed by atoms with Gasteiger partial charge < -0.3 is 5.32 Å². The van der Waals surface area contributed by atoms with Crippen molar-refractivity contribution in [1.82, 2.24) is 5.32 Å². The van der Waals surface area contributed by atoms with Crippen LogP contribution in [0.2, 0.25) is 0 Å². The molecule has 0 aliphatic carbocycles. The molecule has 0 bridgehead atoms. The molecule has 2 rings (SSSR count). The fraction of sp³-hybridized carbons (Fsp3) is 0.375. The Morgan fingerprint density at radius 2 is 1.83 bits per heavy atom. The average Bonchev–Trinajstić information content (AvgIpc) is 2.42. The lowest BCUT2D eigenvalue weighted by atomic mass is 10.1. The predicted molar refractivity (Wildman–Crippen MR) is 82.4 cm³/mol. The van der Waals surface area contributed by atoms with E-state index in [1.807, 2.05) is 11.8 Å². The molecule has 0 spiro atoms. The van der Waals surface area contributed by atoms with E-state index in [0.29, 0.717) is 0 Å². The molecule has 1 N–H and O–H groups in total. The fourth-order valence-electron chi connectivity index (χ4n) is 1.93. The molecule has 0 heterocycles. The van der Waals surface area contributed by atoms with Crippen molar-refractivity contribution < 1.29 is 0 Å². The predicted octanol–water partition coefficient (Wildman–Crippen LogP) is 4.32. The number of nitrogens with one attached hydrogen (secondary N) is 1. The second kappa shape index (κ2) is 7.45. The molecule has 0 aliphatic heterocycles. The SMILES string of the molecule is CCCCNCCSc1ccc2ccccc2c1. The molecule has 2 aromatic rings. The van der Waals surface area contributed by atoms with Gasteiger partial charge in [-0.2, -0.15) is 0 Å². The van der Waals surface area contributed by atoms with Gasteiger partial charge in [0.1, 0.15) is 0 Å². The topological polar surface area (TPSA) is 12.0 Å². The molecule has 0 saturated carbocycles. The van der Waals surface area contributed by atoms with Gasteiger partial charge in [-0.25, -0.2) is 0 Å². The van der Waals surface area contributed by atoms with Crippen LogP contribution in [0, 0.1) is 0 Å². The smallest absolute Gasteiger partial charge is 0.0106 e. The normalized spacial score (nSPS) is 10.9. The molecular weight excluding hydrogens is 238 g/mol. The first-order chi connectivity index (χ1) is 8.90. The molecule has 2 heteroatoms. The van der Waals surface area contributed by atoms with Crippen molar-refractivity contribution in [2.75, 3.05) is 18.8 Å². The maximum atomic E-state index is 3.47. The first kappa shape index (κ1) is 13.4. The van der Waals surface area contributed by atoms with Gasteiger partial charge in [0, 0.05) is 17.2 Å². The molecule has 0 aliphatic rings. The highest BCUT2D eigenvalue weighted by Gasteiger charge is 1.96. The van der Waals surface area contributed by atoms with Gasteiger partial charge >= 0.3 is 0 Å². The number of unbranched alkanes of at least 4 members (excludes halogenated alkanes) is 1. The van der Waals surface area contributed by atoms with E-state index in [4.69, 9.17) is 0 Å². The van der Waals surface area contributed by atoms with Crippen LogP contribution in [0.1, 0.15) is 19.8 Å². The Balaban J connectivity index is 1.81. The van der Waals surface area contributed by atoms with Crippen LogP contribution in [0.4, 0.5) is 0 Å². The maximum absolute atomic E-state index is 3.47. The highest BCUT2D eigenvalue weighted by Crippen LogP contribution is 2.23. The average molecular weight is 259 g/mol. The van der Waals surface area contributed by atoms with E-state index in [1.54, 1.807) is 0 Å². The van der Waals surface area contributed by atoms with Gasteiger partial charge in [0.25, 0.3) is 0 Å². The van der Waals surface area contributed by atoms with E-state index < -0.39 is 0 Å². The number of hydrogen-bond acceptors (Lipinski definition) is 2. The number of rotatable bonds is 7. The molecule has 0 saturated heterocycles. The maximum Gasteiger partial charge on any atom is 0.0106 e. The molecule has 0 radical (unpaired) electrons. The van der Waals surface area contributed by atoms with Gasteiger partial charge in [0.15, 0.2) is 0 Å². The first-order valence-corrected chi connectivity index (χ1v) is 7.71. The van der Waals surface area contributed by atoms with Crippen LogP contribution < -0.4 is 5.32 Å². The van der Waals surface area contributed by atoms with Crippen molar-refractivity contribution in [3.05, 3.63) is 42.5 Å². The van der Waals surface area contributed by atoms with Crippen molar-refractivity contribution in [3.63, 3.8) is 0 Å². The lowest BCUT2D eigenvalue weighted by molar-refractivity contribution is 0.666. The van der Waals surface area contributed by atoms with Crippen LogP contribution in [0.3, 0.4) is 0 Å². The van der Waals surface area contributed by atoms with Crippen LogP contribution >= 0.6 is 11.8 Å². The summed E-state index contributed by atoms with van der Waals surface area (Å²) >= 11 is 1.93. The van der Waals surface area contributed by atoms with Gasteiger partial charge in [0.2, 0.25) is 0 Å². The second-order valence-electron chi connectivity index (χ2n) is 4.46. The Kier molecular flexibility index (Phi) is 5.56. The lowest BCUT2D eigenvalue weighted by Crippen LogP contribution is -2.18. The molecule has 0 fully saturated rings. The summed E-state index contributed by atoms with van der Waals surface area (Å²) in [5.74, 6) is 1.14. The molecule has 0 atom stereocenters. The molecule has 1 nitrogen and oxygen atoms in total. The third-order valence-electron chi connectivity index (χ3n) is 2.98. The molecule has 96 valence electrons. The number of hydrogen-bond donors (Lipinski definition) is 1. The number of benzene rings is 2. The third kappa shape index (κ3) is 4.04. The first-order valence-electron chi connectivity index (χ1n) is 6.72. The largest absolute Gasteiger partial charge is 0.316 e. The summed E-state index contributed by atoms with van der Waals surface area (Å²) in [5, 5.41) is 6.13. The highest BCUT2D eigenvalue weighted by atomic mass is 32.2. The molecule has 18 heavy (non-hydrogen) atoms. The zero-order valence-corrected chi connectivity index (χ0v) is 11.8. The molecule has 0 aromatic heterocycles. The van der Waals surface area contributed by atoms with E-state index in [1.165, 1.54) is 28.5 Å². The van der Waals surface area contributed by atoms with E-state index in [2.05, 4.69) is 54.7 Å². The molecule has 0 amide bonds. The standard InChI is InChI=1S/C16H21NS/c1-2-3-10-17-11-12-18-16-9-8-14-6-4-5-7-15(14)13-16/h4-9,13,17H,2-3,10-12H2,1H3. The Morgan fingerprint density at radius 3 is 2.67 bits per heavy atom. The Bertz CT molecular complexity index is 481. The van der Waals surface area contributed by atoms with Crippen molar-refractivity contribution in [1.29, 1.82) is 0 Å². The van der Waals surface area contributed by atoms with Gasteiger partial charge in [0.05, 0.1) is 0 Å². The minimum atomic E-state index is 1.09. The number of fused-ring (bicyclic) bond motifs is 1. The number of thioether (sulfide) groups is 1. The van der Waals surface area contributed by atoms with E-state index >= 15 is 0 Å². The monoisotopic (exact) mass is 259 g/mol. The third-order valence-corrected chi connectivity index (χ3v) is 3.97. The van der Waals surface area contributed by atoms with Crippen LogP contribution in [-0.4, -0.2) is 18.8 Å². The fourth-order valence-corrected chi connectivity index (χ4v) is 2.78. The highest BCUT2D eigenvalue weighted by molar-refractivity contribution is 7.99. The summed E-state index contributed by atoms with van der Waals surface area (Å²) in [4.78, 5) is 1.37. The zero-order valence-electron chi connectivity index (χ0n) is 11.0. The molecule has 0 unspecified atom stereocenters. The van der Waals surface area contributed by atoms with Crippen LogP contribution in [0.25, 0.3) is 10.8 Å². The summed E-state index contributed by atoms with van der Waals surface area (Å²) in [6.45, 7) is 4.47. The van der Waals surface area contributed by atoms with Crippen LogP contribution in [0.5, 0.6) is 0 Å². The van der Waals surface area contributed by atoms with E-state index in [9.17, 15) is 0 Å². The van der Waals surface area contributed by atoms with Crippen molar-refractivity contribution >= 4 is 22.5 Å². The Labute approximate surface area is 114 Å². The van der Waals surface area contributed by atoms with E-state index in [0.717, 1.165) is 18.8 Å². The Hall–Kier alpha value is -0.990. The lowest BCUT2D eigenvalue weighted by Gasteiger charge is -2.05. The van der Waals surface area contributed by atoms with Gasteiger partial charge in [-0.15, -0.1) is 11.8 Å². The molecule has 2 aromatic carbocycles. The zero-order chi connectivity index (χ0) is 12.6. The van der Waals surface area contributed by atoms with E-state index in [-0.39, 0.29) is 0 Å².